The van der Waals surface area contributed by atoms with Crippen molar-refractivity contribution in [2.75, 3.05) is 26.8 Å². The maximum Gasteiger partial charge on any atom is 0.254 e. The molecule has 162 valence electrons. The molecule has 7 nitrogen and oxygen atoms in total. The molecule has 1 aromatic heterocycles. The Morgan fingerprint density at radius 3 is 2.74 bits per heavy atom. The van der Waals surface area contributed by atoms with E-state index in [4.69, 9.17) is 16.3 Å². The molecule has 9 heteroatoms. The standard InChI is InChI=1S/C22H22BrClN4O3/c1-31-12-19(20-25-17-7-5-14(24)11-18(17)26-20)27-21(29)13-4-6-15(16(23)10-13)22(30)28-8-2-3-9-28/h4-7,10-11,19H,2-3,8-9,12H2,1H3,(H,25,26)(H,27,29). The minimum Gasteiger partial charge on any atom is -0.382 e. The second kappa shape index (κ2) is 9.38. The van der Waals surface area contributed by atoms with Gasteiger partial charge in [-0.15, -0.1) is 0 Å². The lowest BCUT2D eigenvalue weighted by molar-refractivity contribution is 0.0790. The Labute approximate surface area is 193 Å². The molecule has 0 radical (unpaired) electrons. The van der Waals surface area contributed by atoms with E-state index in [-0.39, 0.29) is 18.4 Å². The van der Waals surface area contributed by atoms with Crippen LogP contribution in [-0.2, 0) is 4.74 Å². The highest BCUT2D eigenvalue weighted by Crippen LogP contribution is 2.24. The number of benzene rings is 2. The van der Waals surface area contributed by atoms with Crippen LogP contribution in [0.3, 0.4) is 0 Å². The Morgan fingerprint density at radius 2 is 2.03 bits per heavy atom. The number of nitrogens with one attached hydrogen (secondary N) is 2. The number of rotatable bonds is 6. The van der Waals surface area contributed by atoms with Crippen molar-refractivity contribution >= 4 is 50.4 Å². The van der Waals surface area contributed by atoms with Gasteiger partial charge in [0.15, 0.2) is 0 Å². The molecule has 31 heavy (non-hydrogen) atoms. The van der Waals surface area contributed by atoms with Crippen LogP contribution in [0.15, 0.2) is 40.9 Å². The number of fused-ring (bicyclic) bond motifs is 1. The number of halogens is 2. The number of carbonyl (C=O) groups is 2. The van der Waals surface area contributed by atoms with Crippen LogP contribution in [0.2, 0.25) is 5.02 Å². The Balaban J connectivity index is 1.53. The number of ether oxygens (including phenoxy) is 1. The fourth-order valence-corrected chi connectivity index (χ4v) is 4.40. The molecular weight excluding hydrogens is 484 g/mol. The fraction of sp³-hybridized carbons (Fsp3) is 0.318. The van der Waals surface area contributed by atoms with Gasteiger partial charge in [-0.25, -0.2) is 4.98 Å². The van der Waals surface area contributed by atoms with E-state index in [0.29, 0.717) is 26.4 Å². The third-order valence-corrected chi connectivity index (χ3v) is 6.18. The topological polar surface area (TPSA) is 87.3 Å². The predicted molar refractivity (Wildman–Crippen MR) is 122 cm³/mol. The molecule has 1 fully saturated rings. The van der Waals surface area contributed by atoms with Crippen LogP contribution in [0.25, 0.3) is 11.0 Å². The number of amides is 2. The number of nitrogens with zero attached hydrogens (tertiary/aromatic N) is 2. The van der Waals surface area contributed by atoms with Crippen molar-refractivity contribution in [3.05, 3.63) is 62.8 Å². The summed E-state index contributed by atoms with van der Waals surface area (Å²) in [6, 6.07) is 9.90. The Bertz CT molecular complexity index is 1130. The van der Waals surface area contributed by atoms with Gasteiger partial charge in [-0.1, -0.05) is 11.6 Å². The first-order valence-corrected chi connectivity index (χ1v) is 11.2. The summed E-state index contributed by atoms with van der Waals surface area (Å²) in [4.78, 5) is 35.2. The van der Waals surface area contributed by atoms with E-state index < -0.39 is 6.04 Å². The molecular formula is C22H22BrClN4O3. The van der Waals surface area contributed by atoms with Gasteiger partial charge in [-0.3, -0.25) is 9.59 Å². The maximum atomic E-state index is 12.9. The van der Waals surface area contributed by atoms with E-state index >= 15 is 0 Å². The molecule has 0 saturated carbocycles. The van der Waals surface area contributed by atoms with Crippen LogP contribution < -0.4 is 5.32 Å². The van der Waals surface area contributed by atoms with Gasteiger partial charge in [0.2, 0.25) is 0 Å². The van der Waals surface area contributed by atoms with Crippen molar-refractivity contribution in [2.45, 2.75) is 18.9 Å². The summed E-state index contributed by atoms with van der Waals surface area (Å²) >= 11 is 9.50. The molecule has 1 aliphatic heterocycles. The molecule has 3 aromatic rings. The fourth-order valence-electron chi connectivity index (χ4n) is 3.68. The Morgan fingerprint density at radius 1 is 1.26 bits per heavy atom. The Kier molecular flexibility index (Phi) is 6.60. The zero-order valence-electron chi connectivity index (χ0n) is 17.0. The zero-order chi connectivity index (χ0) is 22.0. The van der Waals surface area contributed by atoms with Gasteiger partial charge in [0.05, 0.1) is 23.2 Å². The van der Waals surface area contributed by atoms with E-state index in [9.17, 15) is 9.59 Å². The number of hydrogen-bond donors (Lipinski definition) is 2. The molecule has 2 amide bonds. The molecule has 1 aliphatic rings. The molecule has 1 saturated heterocycles. The summed E-state index contributed by atoms with van der Waals surface area (Å²) in [5, 5.41) is 3.55. The van der Waals surface area contributed by atoms with Crippen molar-refractivity contribution in [3.63, 3.8) is 0 Å². The second-order valence-corrected chi connectivity index (χ2v) is 8.75. The van der Waals surface area contributed by atoms with Gasteiger partial charge >= 0.3 is 0 Å². The summed E-state index contributed by atoms with van der Waals surface area (Å²) in [7, 11) is 1.56. The SMILES string of the molecule is COCC(NC(=O)c1ccc(C(=O)N2CCCC2)c(Br)c1)c1nc2ccc(Cl)cc2[nH]1. The normalized spacial score (nSPS) is 14.7. The van der Waals surface area contributed by atoms with Crippen molar-refractivity contribution in [1.82, 2.24) is 20.2 Å². The van der Waals surface area contributed by atoms with Crippen LogP contribution in [0.5, 0.6) is 0 Å². The lowest BCUT2D eigenvalue weighted by atomic mass is 10.1. The van der Waals surface area contributed by atoms with Crippen LogP contribution in [-0.4, -0.2) is 53.5 Å². The van der Waals surface area contributed by atoms with E-state index in [1.165, 1.54) is 0 Å². The first-order valence-electron chi connectivity index (χ1n) is 10.00. The number of hydrogen-bond acceptors (Lipinski definition) is 4. The van der Waals surface area contributed by atoms with Crippen molar-refractivity contribution < 1.29 is 14.3 Å². The van der Waals surface area contributed by atoms with Gasteiger partial charge in [0.25, 0.3) is 11.8 Å². The minimum atomic E-state index is -0.478. The quantitative estimate of drug-likeness (QED) is 0.522. The third kappa shape index (κ3) is 4.76. The number of H-pyrrole nitrogens is 1. The summed E-state index contributed by atoms with van der Waals surface area (Å²) in [6.45, 7) is 1.79. The van der Waals surface area contributed by atoms with Gasteiger partial charge in [0.1, 0.15) is 11.9 Å². The van der Waals surface area contributed by atoms with Crippen LogP contribution in [0.1, 0.15) is 45.4 Å². The van der Waals surface area contributed by atoms with E-state index in [2.05, 4.69) is 31.2 Å². The summed E-state index contributed by atoms with van der Waals surface area (Å²) in [6.07, 6.45) is 2.05. The predicted octanol–water partition coefficient (Wildman–Crippen LogP) is 4.33. The van der Waals surface area contributed by atoms with E-state index in [0.717, 1.165) is 37.0 Å². The molecule has 4 rings (SSSR count). The van der Waals surface area contributed by atoms with Crippen LogP contribution in [0.4, 0.5) is 0 Å². The van der Waals surface area contributed by atoms with E-state index in [1.54, 1.807) is 37.4 Å². The van der Waals surface area contributed by atoms with Gasteiger partial charge in [0, 0.05) is 35.3 Å². The summed E-state index contributed by atoms with van der Waals surface area (Å²) in [5.41, 5.74) is 2.53. The van der Waals surface area contributed by atoms with Gasteiger partial charge in [-0.2, -0.15) is 0 Å². The first kappa shape index (κ1) is 21.8. The molecule has 0 bridgehead atoms. The summed E-state index contributed by atoms with van der Waals surface area (Å²) in [5.74, 6) is 0.267. The summed E-state index contributed by atoms with van der Waals surface area (Å²) < 4.78 is 5.88. The number of aromatic amines is 1. The highest BCUT2D eigenvalue weighted by atomic mass is 79.9. The third-order valence-electron chi connectivity index (χ3n) is 5.29. The largest absolute Gasteiger partial charge is 0.382 e. The van der Waals surface area contributed by atoms with Crippen molar-refractivity contribution in [3.8, 4) is 0 Å². The smallest absolute Gasteiger partial charge is 0.254 e. The second-order valence-electron chi connectivity index (χ2n) is 7.46. The number of imidazole rings is 1. The average Bonchev–Trinajstić information content (AvgIpc) is 3.42. The monoisotopic (exact) mass is 504 g/mol. The number of methoxy groups -OCH3 is 1. The minimum absolute atomic E-state index is 0.0190. The molecule has 1 atom stereocenters. The molecule has 2 N–H and O–H groups in total. The maximum absolute atomic E-state index is 12.9. The average molecular weight is 506 g/mol. The van der Waals surface area contributed by atoms with Crippen molar-refractivity contribution in [1.29, 1.82) is 0 Å². The highest BCUT2D eigenvalue weighted by molar-refractivity contribution is 9.10. The lowest BCUT2D eigenvalue weighted by Gasteiger charge is -2.18. The molecule has 2 heterocycles. The molecule has 1 unspecified atom stereocenters. The van der Waals surface area contributed by atoms with Gasteiger partial charge < -0.3 is 19.9 Å². The van der Waals surface area contributed by atoms with Gasteiger partial charge in [-0.05, 0) is 65.2 Å². The zero-order valence-corrected chi connectivity index (χ0v) is 19.3. The molecule has 2 aromatic carbocycles. The number of likely N-dealkylation sites (tertiary alicyclic amines) is 1. The van der Waals surface area contributed by atoms with Crippen LogP contribution in [0, 0.1) is 0 Å². The number of carbonyl (C=O) groups excluding carboxylic acids is 2. The highest BCUT2D eigenvalue weighted by Gasteiger charge is 2.23. The Hall–Kier alpha value is -2.42. The lowest BCUT2D eigenvalue weighted by Crippen LogP contribution is -2.32. The van der Waals surface area contributed by atoms with Crippen LogP contribution >= 0.6 is 27.5 Å². The number of aromatic nitrogens is 2. The van der Waals surface area contributed by atoms with Crippen molar-refractivity contribution in [2.24, 2.45) is 0 Å². The molecule has 0 aliphatic carbocycles. The van der Waals surface area contributed by atoms with E-state index in [1.807, 2.05) is 11.0 Å². The molecule has 0 spiro atoms. The first-order chi connectivity index (χ1) is 15.0.